The largest absolute Gasteiger partial charge is 0.343 e. The lowest BCUT2D eigenvalue weighted by molar-refractivity contribution is 0.640. The van der Waals surface area contributed by atoms with E-state index in [1.54, 1.807) is 0 Å². The lowest BCUT2D eigenvalue weighted by Crippen LogP contribution is -2.16. The Morgan fingerprint density at radius 1 is 1.26 bits per heavy atom. The first-order valence-electron chi connectivity index (χ1n) is 7.25. The Hall–Kier alpha value is -1.54. The van der Waals surface area contributed by atoms with Crippen LogP contribution >= 0.6 is 0 Å². The van der Waals surface area contributed by atoms with Crippen LogP contribution in [-0.2, 0) is 13.0 Å². The molecule has 0 saturated heterocycles. The first-order valence-corrected chi connectivity index (χ1v) is 7.25. The van der Waals surface area contributed by atoms with Gasteiger partial charge >= 0.3 is 0 Å². The summed E-state index contributed by atoms with van der Waals surface area (Å²) in [5.41, 5.74) is 2.77. The van der Waals surface area contributed by atoms with Gasteiger partial charge in [0.15, 0.2) is 0 Å². The van der Waals surface area contributed by atoms with Crippen LogP contribution in [0.3, 0.4) is 0 Å². The van der Waals surface area contributed by atoms with Crippen molar-refractivity contribution >= 4 is 10.9 Å². The van der Waals surface area contributed by atoms with E-state index < -0.39 is 0 Å². The lowest BCUT2D eigenvalue weighted by atomic mass is 10.1. The van der Waals surface area contributed by atoms with Crippen LogP contribution in [0.15, 0.2) is 43.1 Å². The highest BCUT2D eigenvalue weighted by Gasteiger charge is 2.06. The van der Waals surface area contributed by atoms with E-state index >= 15 is 0 Å². The van der Waals surface area contributed by atoms with Crippen molar-refractivity contribution in [2.24, 2.45) is 0 Å². The second kappa shape index (κ2) is 7.15. The highest BCUT2D eigenvalue weighted by Crippen LogP contribution is 2.22. The fraction of sp³-hybridized carbons (Fsp3) is 0.412. The molecule has 0 radical (unpaired) electrons. The van der Waals surface area contributed by atoms with Gasteiger partial charge in [0, 0.05) is 23.6 Å². The predicted octanol–water partition coefficient (Wildman–Crippen LogP) is 3.76. The fourth-order valence-electron chi connectivity index (χ4n) is 2.52. The van der Waals surface area contributed by atoms with Crippen LogP contribution in [0.1, 0.15) is 25.3 Å². The molecule has 102 valence electrons. The summed E-state index contributed by atoms with van der Waals surface area (Å²) >= 11 is 0. The summed E-state index contributed by atoms with van der Waals surface area (Å²) in [7, 11) is 0. The van der Waals surface area contributed by atoms with Crippen LogP contribution in [-0.4, -0.2) is 17.7 Å². The Balaban J connectivity index is 2.07. The van der Waals surface area contributed by atoms with Crippen LogP contribution < -0.4 is 5.32 Å². The second-order valence-electron chi connectivity index (χ2n) is 4.97. The highest BCUT2D eigenvalue weighted by atomic mass is 14.9. The molecule has 2 nitrogen and oxygen atoms in total. The van der Waals surface area contributed by atoms with Gasteiger partial charge in [0.05, 0.1) is 0 Å². The molecule has 1 aromatic carbocycles. The van der Waals surface area contributed by atoms with Crippen molar-refractivity contribution in [3.63, 3.8) is 0 Å². The second-order valence-corrected chi connectivity index (χ2v) is 4.97. The van der Waals surface area contributed by atoms with E-state index in [0.29, 0.717) is 0 Å². The van der Waals surface area contributed by atoms with Crippen molar-refractivity contribution in [3.05, 3.63) is 48.7 Å². The summed E-state index contributed by atoms with van der Waals surface area (Å²) in [6.07, 6.45) is 7.79. The highest BCUT2D eigenvalue weighted by molar-refractivity contribution is 5.84. The SMILES string of the molecule is C=CCn1cc(CCCNCCC)c2ccccc21. The fourth-order valence-corrected chi connectivity index (χ4v) is 2.52. The molecule has 1 aromatic heterocycles. The predicted molar refractivity (Wildman–Crippen MR) is 83.6 cm³/mol. The third-order valence-electron chi connectivity index (χ3n) is 3.42. The Bertz CT molecular complexity index is 525. The molecular weight excluding hydrogens is 232 g/mol. The van der Waals surface area contributed by atoms with Gasteiger partial charge in [-0.25, -0.2) is 0 Å². The number of nitrogens with one attached hydrogen (secondary N) is 1. The minimum Gasteiger partial charge on any atom is -0.343 e. The van der Waals surface area contributed by atoms with E-state index in [9.17, 15) is 0 Å². The normalized spacial score (nSPS) is 11.0. The van der Waals surface area contributed by atoms with E-state index in [2.05, 4.69) is 53.8 Å². The van der Waals surface area contributed by atoms with Gasteiger partial charge in [-0.1, -0.05) is 31.2 Å². The van der Waals surface area contributed by atoms with Gasteiger partial charge in [0.2, 0.25) is 0 Å². The number of nitrogens with zero attached hydrogens (tertiary/aromatic N) is 1. The smallest absolute Gasteiger partial charge is 0.0486 e. The molecule has 1 N–H and O–H groups in total. The Morgan fingerprint density at radius 2 is 2.11 bits per heavy atom. The molecule has 0 unspecified atom stereocenters. The molecule has 0 atom stereocenters. The minimum absolute atomic E-state index is 0.884. The van der Waals surface area contributed by atoms with Crippen LogP contribution in [0.4, 0.5) is 0 Å². The molecule has 0 amide bonds. The van der Waals surface area contributed by atoms with Gasteiger partial charge in [-0.3, -0.25) is 0 Å². The molecule has 0 fully saturated rings. The third kappa shape index (κ3) is 3.48. The number of hydrogen-bond acceptors (Lipinski definition) is 1. The summed E-state index contributed by atoms with van der Waals surface area (Å²) in [5, 5.41) is 4.85. The van der Waals surface area contributed by atoms with E-state index in [1.807, 2.05) is 6.08 Å². The molecule has 0 saturated carbocycles. The maximum atomic E-state index is 3.84. The van der Waals surface area contributed by atoms with Gasteiger partial charge in [0.1, 0.15) is 0 Å². The summed E-state index contributed by atoms with van der Waals surface area (Å²) in [6.45, 7) is 9.15. The maximum absolute atomic E-state index is 3.84. The average Bonchev–Trinajstić information content (AvgIpc) is 2.78. The standard InChI is InChI=1S/C17H24N2/c1-3-11-18-12-7-8-15-14-19(13-4-2)17-10-6-5-9-16(15)17/h4-6,9-10,14,18H,2-3,7-8,11-13H2,1H3. The topological polar surface area (TPSA) is 17.0 Å². The number of benzene rings is 1. The molecule has 0 aliphatic carbocycles. The van der Waals surface area contributed by atoms with Gasteiger partial charge in [-0.2, -0.15) is 0 Å². The third-order valence-corrected chi connectivity index (χ3v) is 3.42. The number of hydrogen-bond donors (Lipinski definition) is 1. The molecular formula is C17H24N2. The monoisotopic (exact) mass is 256 g/mol. The van der Waals surface area contributed by atoms with Gasteiger partial charge in [0.25, 0.3) is 0 Å². The van der Waals surface area contributed by atoms with E-state index in [4.69, 9.17) is 0 Å². The molecule has 1 heterocycles. The van der Waals surface area contributed by atoms with Crippen LogP contribution in [0.2, 0.25) is 0 Å². The summed E-state index contributed by atoms with van der Waals surface area (Å²) in [5.74, 6) is 0. The van der Waals surface area contributed by atoms with E-state index in [0.717, 1.165) is 26.1 Å². The zero-order valence-electron chi connectivity index (χ0n) is 11.9. The van der Waals surface area contributed by atoms with Gasteiger partial charge in [-0.05, 0) is 44.0 Å². The Labute approximate surface area is 116 Å². The van der Waals surface area contributed by atoms with Crippen molar-refractivity contribution in [1.82, 2.24) is 9.88 Å². The molecule has 0 spiro atoms. The Morgan fingerprint density at radius 3 is 2.89 bits per heavy atom. The molecule has 2 aromatic rings. The van der Waals surface area contributed by atoms with Crippen molar-refractivity contribution in [3.8, 4) is 0 Å². The number of aromatic nitrogens is 1. The molecule has 0 bridgehead atoms. The number of rotatable bonds is 8. The quantitative estimate of drug-likeness (QED) is 0.562. The minimum atomic E-state index is 0.884. The summed E-state index contributed by atoms with van der Waals surface area (Å²) in [4.78, 5) is 0. The summed E-state index contributed by atoms with van der Waals surface area (Å²) in [6, 6.07) is 8.65. The van der Waals surface area contributed by atoms with Gasteiger partial charge < -0.3 is 9.88 Å². The van der Waals surface area contributed by atoms with Crippen molar-refractivity contribution in [2.75, 3.05) is 13.1 Å². The molecule has 19 heavy (non-hydrogen) atoms. The van der Waals surface area contributed by atoms with E-state index in [-0.39, 0.29) is 0 Å². The zero-order chi connectivity index (χ0) is 13.5. The lowest BCUT2D eigenvalue weighted by Gasteiger charge is -2.02. The summed E-state index contributed by atoms with van der Waals surface area (Å²) < 4.78 is 2.29. The number of fused-ring (bicyclic) bond motifs is 1. The maximum Gasteiger partial charge on any atom is 0.0486 e. The number of aryl methyl sites for hydroxylation is 1. The van der Waals surface area contributed by atoms with Crippen molar-refractivity contribution in [1.29, 1.82) is 0 Å². The van der Waals surface area contributed by atoms with E-state index in [1.165, 1.54) is 29.3 Å². The van der Waals surface area contributed by atoms with Crippen LogP contribution in [0, 0.1) is 0 Å². The number of para-hydroxylation sites is 1. The van der Waals surface area contributed by atoms with Crippen LogP contribution in [0.25, 0.3) is 10.9 Å². The van der Waals surface area contributed by atoms with Gasteiger partial charge in [-0.15, -0.1) is 6.58 Å². The number of allylic oxidation sites excluding steroid dienone is 1. The molecule has 0 aliphatic rings. The van der Waals surface area contributed by atoms with Crippen molar-refractivity contribution < 1.29 is 0 Å². The zero-order valence-corrected chi connectivity index (χ0v) is 11.9. The molecule has 0 aliphatic heterocycles. The molecule has 2 heteroatoms. The first-order chi connectivity index (χ1) is 9.36. The Kier molecular flexibility index (Phi) is 5.22. The first kappa shape index (κ1) is 13.9. The van der Waals surface area contributed by atoms with Crippen LogP contribution in [0.5, 0.6) is 0 Å². The van der Waals surface area contributed by atoms with Crippen molar-refractivity contribution in [2.45, 2.75) is 32.7 Å². The average molecular weight is 256 g/mol. The molecule has 2 rings (SSSR count).